The van der Waals surface area contributed by atoms with Crippen molar-refractivity contribution in [1.29, 1.82) is 0 Å². The molecule has 3 aliphatic heterocycles. The third-order valence-corrected chi connectivity index (χ3v) is 5.44. The van der Waals surface area contributed by atoms with Gasteiger partial charge in [0.15, 0.2) is 0 Å². The van der Waals surface area contributed by atoms with Gasteiger partial charge in [-0.15, -0.1) is 0 Å². The number of hydrogen-bond acceptors (Lipinski definition) is 5. The van der Waals surface area contributed by atoms with Gasteiger partial charge in [-0.1, -0.05) is 30.3 Å². The van der Waals surface area contributed by atoms with Crippen LogP contribution in [-0.2, 0) is 14.3 Å². The standard InChI is InChI=1S/C20H25N3O3/c1-21-9-11-22(12-10-21)18-17(15-6-3-2-4-7-15)19(24)23(20(18)25)14-16-8-5-13-26-16/h2-4,6-7,16H,5,8-14H2,1H3. The second-order valence-corrected chi connectivity index (χ2v) is 7.24. The first-order valence-corrected chi connectivity index (χ1v) is 9.36. The summed E-state index contributed by atoms with van der Waals surface area (Å²) in [4.78, 5) is 32.1. The van der Waals surface area contributed by atoms with Gasteiger partial charge in [0.1, 0.15) is 5.70 Å². The lowest BCUT2D eigenvalue weighted by Gasteiger charge is -2.34. The molecule has 2 amide bonds. The molecule has 0 saturated carbocycles. The van der Waals surface area contributed by atoms with Crippen molar-refractivity contribution < 1.29 is 14.3 Å². The van der Waals surface area contributed by atoms with Crippen molar-refractivity contribution in [3.8, 4) is 0 Å². The minimum Gasteiger partial charge on any atom is -0.376 e. The van der Waals surface area contributed by atoms with Gasteiger partial charge < -0.3 is 14.5 Å². The smallest absolute Gasteiger partial charge is 0.277 e. The van der Waals surface area contributed by atoms with Crippen molar-refractivity contribution in [1.82, 2.24) is 14.7 Å². The van der Waals surface area contributed by atoms with Crippen LogP contribution in [0.4, 0.5) is 0 Å². The number of likely N-dealkylation sites (N-methyl/N-ethyl adjacent to an activating group) is 1. The molecule has 4 rings (SSSR count). The number of carbonyl (C=O) groups excluding carboxylic acids is 2. The van der Waals surface area contributed by atoms with E-state index in [9.17, 15) is 9.59 Å². The molecule has 1 unspecified atom stereocenters. The maximum absolute atomic E-state index is 13.2. The summed E-state index contributed by atoms with van der Waals surface area (Å²) in [5.41, 5.74) is 1.92. The highest BCUT2D eigenvalue weighted by atomic mass is 16.5. The Hall–Kier alpha value is -2.18. The maximum Gasteiger partial charge on any atom is 0.277 e. The van der Waals surface area contributed by atoms with Crippen LogP contribution < -0.4 is 0 Å². The summed E-state index contributed by atoms with van der Waals surface area (Å²) in [7, 11) is 2.08. The van der Waals surface area contributed by atoms with E-state index in [0.29, 0.717) is 24.4 Å². The number of piperazine rings is 1. The summed E-state index contributed by atoms with van der Waals surface area (Å²) < 4.78 is 5.66. The number of carbonyl (C=O) groups is 2. The molecule has 0 aliphatic carbocycles. The van der Waals surface area contributed by atoms with Gasteiger partial charge in [-0.25, -0.2) is 0 Å². The van der Waals surface area contributed by atoms with Gasteiger partial charge in [0.05, 0.1) is 18.2 Å². The average Bonchev–Trinajstić information content (AvgIpc) is 3.25. The number of ether oxygens (including phenoxy) is 1. The fraction of sp³-hybridized carbons (Fsp3) is 0.500. The van der Waals surface area contributed by atoms with E-state index in [1.165, 1.54) is 4.90 Å². The zero-order valence-corrected chi connectivity index (χ0v) is 15.2. The Morgan fingerprint density at radius 3 is 2.42 bits per heavy atom. The monoisotopic (exact) mass is 355 g/mol. The zero-order chi connectivity index (χ0) is 18.1. The van der Waals surface area contributed by atoms with Crippen molar-refractivity contribution >= 4 is 17.4 Å². The van der Waals surface area contributed by atoms with Gasteiger partial charge in [-0.05, 0) is 25.5 Å². The van der Waals surface area contributed by atoms with E-state index >= 15 is 0 Å². The molecule has 0 bridgehead atoms. The highest BCUT2D eigenvalue weighted by Crippen LogP contribution is 2.32. The van der Waals surface area contributed by atoms with E-state index < -0.39 is 0 Å². The van der Waals surface area contributed by atoms with Crippen LogP contribution >= 0.6 is 0 Å². The quantitative estimate of drug-likeness (QED) is 0.760. The van der Waals surface area contributed by atoms with Gasteiger partial charge in [0.25, 0.3) is 11.8 Å². The average molecular weight is 355 g/mol. The lowest BCUT2D eigenvalue weighted by Crippen LogP contribution is -2.46. The fourth-order valence-electron chi connectivity index (χ4n) is 3.91. The molecule has 2 saturated heterocycles. The number of benzene rings is 1. The Morgan fingerprint density at radius 1 is 1.04 bits per heavy atom. The number of nitrogens with zero attached hydrogens (tertiary/aromatic N) is 3. The van der Waals surface area contributed by atoms with E-state index in [0.717, 1.165) is 44.6 Å². The SMILES string of the molecule is CN1CCN(C2=C(c3ccccc3)C(=O)N(CC3CCCO3)C2=O)CC1. The van der Waals surface area contributed by atoms with E-state index in [4.69, 9.17) is 4.74 Å². The molecule has 26 heavy (non-hydrogen) atoms. The van der Waals surface area contributed by atoms with Crippen molar-refractivity contribution in [2.75, 3.05) is 46.4 Å². The normalized spacial score (nSPS) is 24.9. The first-order chi connectivity index (χ1) is 12.6. The number of rotatable bonds is 4. The van der Waals surface area contributed by atoms with E-state index in [1.54, 1.807) is 0 Å². The van der Waals surface area contributed by atoms with Crippen LogP contribution in [0.15, 0.2) is 36.0 Å². The molecule has 6 heteroatoms. The fourth-order valence-corrected chi connectivity index (χ4v) is 3.91. The second kappa shape index (κ2) is 7.21. The third-order valence-electron chi connectivity index (χ3n) is 5.44. The van der Waals surface area contributed by atoms with Crippen LogP contribution in [0.1, 0.15) is 18.4 Å². The molecule has 6 nitrogen and oxygen atoms in total. The molecular weight excluding hydrogens is 330 g/mol. The van der Waals surface area contributed by atoms with Gasteiger partial charge in [-0.3, -0.25) is 14.5 Å². The summed E-state index contributed by atoms with van der Waals surface area (Å²) >= 11 is 0. The number of imide groups is 1. The first kappa shape index (κ1) is 17.2. The molecule has 0 N–H and O–H groups in total. The Balaban J connectivity index is 1.67. The predicted molar refractivity (Wildman–Crippen MR) is 98.1 cm³/mol. The van der Waals surface area contributed by atoms with E-state index in [2.05, 4.69) is 16.8 Å². The molecule has 3 aliphatic rings. The minimum absolute atomic E-state index is 0.0354. The topological polar surface area (TPSA) is 53.1 Å². The number of hydrogen-bond donors (Lipinski definition) is 0. The molecule has 0 spiro atoms. The molecular formula is C20H25N3O3. The van der Waals surface area contributed by atoms with Crippen molar-refractivity contribution in [3.63, 3.8) is 0 Å². The van der Waals surface area contributed by atoms with Gasteiger partial charge in [-0.2, -0.15) is 0 Å². The molecule has 1 atom stereocenters. The molecule has 138 valence electrons. The Kier molecular flexibility index (Phi) is 4.78. The van der Waals surface area contributed by atoms with Crippen LogP contribution in [0.25, 0.3) is 5.57 Å². The molecule has 3 heterocycles. The van der Waals surface area contributed by atoms with E-state index in [1.807, 2.05) is 30.3 Å². The first-order valence-electron chi connectivity index (χ1n) is 9.36. The molecule has 0 radical (unpaired) electrons. The van der Waals surface area contributed by atoms with Crippen LogP contribution in [-0.4, -0.2) is 79.0 Å². The lowest BCUT2D eigenvalue weighted by molar-refractivity contribution is -0.139. The third kappa shape index (κ3) is 3.15. The summed E-state index contributed by atoms with van der Waals surface area (Å²) in [6.45, 7) is 4.36. The van der Waals surface area contributed by atoms with E-state index in [-0.39, 0.29) is 17.9 Å². The summed E-state index contributed by atoms with van der Waals surface area (Å²) in [5.74, 6) is -0.362. The van der Waals surface area contributed by atoms with Crippen molar-refractivity contribution in [3.05, 3.63) is 41.6 Å². The summed E-state index contributed by atoms with van der Waals surface area (Å²) in [5, 5.41) is 0. The predicted octanol–water partition coefficient (Wildman–Crippen LogP) is 1.19. The van der Waals surface area contributed by atoms with Crippen LogP contribution in [0, 0.1) is 0 Å². The minimum atomic E-state index is -0.189. The van der Waals surface area contributed by atoms with Crippen LogP contribution in [0.5, 0.6) is 0 Å². The van der Waals surface area contributed by atoms with Crippen molar-refractivity contribution in [2.24, 2.45) is 0 Å². The maximum atomic E-state index is 13.2. The second-order valence-electron chi connectivity index (χ2n) is 7.24. The van der Waals surface area contributed by atoms with Gasteiger partial charge in [0.2, 0.25) is 0 Å². The van der Waals surface area contributed by atoms with Gasteiger partial charge in [0, 0.05) is 32.8 Å². The Labute approximate surface area is 154 Å². The zero-order valence-electron chi connectivity index (χ0n) is 15.2. The largest absolute Gasteiger partial charge is 0.376 e. The molecule has 1 aromatic rings. The summed E-state index contributed by atoms with van der Waals surface area (Å²) in [6, 6.07) is 9.55. The molecule has 2 fully saturated rings. The lowest BCUT2D eigenvalue weighted by atomic mass is 10.0. The van der Waals surface area contributed by atoms with Crippen LogP contribution in [0.2, 0.25) is 0 Å². The highest BCUT2D eigenvalue weighted by molar-refractivity contribution is 6.35. The summed E-state index contributed by atoms with van der Waals surface area (Å²) in [6.07, 6.45) is 1.86. The molecule has 1 aromatic carbocycles. The Bertz CT molecular complexity index is 717. The van der Waals surface area contributed by atoms with Crippen molar-refractivity contribution in [2.45, 2.75) is 18.9 Å². The van der Waals surface area contributed by atoms with Gasteiger partial charge >= 0.3 is 0 Å². The Morgan fingerprint density at radius 2 is 1.77 bits per heavy atom. The highest BCUT2D eigenvalue weighted by Gasteiger charge is 2.43. The van der Waals surface area contributed by atoms with Crippen LogP contribution in [0.3, 0.4) is 0 Å². The number of amides is 2. The molecule has 0 aromatic heterocycles.